The molecule has 15 heavy (non-hydrogen) atoms. The minimum Gasteiger partial charge on any atom is -0.419 e. The summed E-state index contributed by atoms with van der Waals surface area (Å²) in [6, 6.07) is 0. The minimum atomic E-state index is -2.67. The standard InChI is InChI=1S/C8H11F2N3O.ClH/c9-6(10)8-13-12-7(14-8)5-1-3-11-4-2-5;/h5-6,11H,1-4H2;1H. The quantitative estimate of drug-likeness (QED) is 0.856. The lowest BCUT2D eigenvalue weighted by Gasteiger charge is -2.18. The zero-order chi connectivity index (χ0) is 9.97. The van der Waals surface area contributed by atoms with Crippen LogP contribution in [0.15, 0.2) is 4.42 Å². The molecule has 0 spiro atoms. The molecule has 4 nitrogen and oxygen atoms in total. The maximum absolute atomic E-state index is 12.1. The maximum atomic E-state index is 12.1. The van der Waals surface area contributed by atoms with Crippen LogP contribution in [-0.2, 0) is 0 Å². The Balaban J connectivity index is 0.00000112. The Morgan fingerprint density at radius 1 is 1.27 bits per heavy atom. The molecule has 1 aliphatic rings. The molecule has 0 atom stereocenters. The Kier molecular flexibility index (Phi) is 4.41. The molecule has 1 saturated heterocycles. The zero-order valence-corrected chi connectivity index (χ0v) is 8.77. The number of alkyl halides is 2. The van der Waals surface area contributed by atoms with Crippen LogP contribution in [-0.4, -0.2) is 23.3 Å². The zero-order valence-electron chi connectivity index (χ0n) is 7.95. The van der Waals surface area contributed by atoms with Crippen LogP contribution >= 0.6 is 12.4 Å². The molecule has 2 heterocycles. The van der Waals surface area contributed by atoms with Crippen molar-refractivity contribution >= 4 is 12.4 Å². The lowest BCUT2D eigenvalue weighted by molar-refractivity contribution is 0.112. The normalized spacial score (nSPS) is 17.8. The van der Waals surface area contributed by atoms with Crippen LogP contribution in [0.25, 0.3) is 0 Å². The van der Waals surface area contributed by atoms with E-state index in [-0.39, 0.29) is 18.3 Å². The molecule has 1 N–H and O–H groups in total. The number of rotatable bonds is 2. The van der Waals surface area contributed by atoms with E-state index in [9.17, 15) is 8.78 Å². The molecular formula is C8H12ClF2N3O. The first-order valence-electron chi connectivity index (χ1n) is 4.59. The van der Waals surface area contributed by atoms with Gasteiger partial charge in [0.25, 0.3) is 5.89 Å². The number of halogens is 3. The van der Waals surface area contributed by atoms with Gasteiger partial charge in [0.1, 0.15) is 0 Å². The number of nitrogens with zero attached hydrogens (tertiary/aromatic N) is 2. The number of aromatic nitrogens is 2. The summed E-state index contributed by atoms with van der Waals surface area (Å²) in [7, 11) is 0. The van der Waals surface area contributed by atoms with Crippen molar-refractivity contribution in [3.05, 3.63) is 11.8 Å². The fraction of sp³-hybridized carbons (Fsp3) is 0.750. The summed E-state index contributed by atoms with van der Waals surface area (Å²) in [6.45, 7) is 1.74. The second-order valence-electron chi connectivity index (χ2n) is 3.30. The fourth-order valence-electron chi connectivity index (χ4n) is 1.57. The van der Waals surface area contributed by atoms with Gasteiger partial charge in [-0.15, -0.1) is 22.6 Å². The summed E-state index contributed by atoms with van der Waals surface area (Å²) in [4.78, 5) is 0. The molecule has 0 bridgehead atoms. The van der Waals surface area contributed by atoms with Gasteiger partial charge in [0.05, 0.1) is 0 Å². The van der Waals surface area contributed by atoms with Crippen LogP contribution in [0, 0.1) is 0 Å². The van der Waals surface area contributed by atoms with Crippen molar-refractivity contribution < 1.29 is 13.2 Å². The second kappa shape index (κ2) is 5.37. The summed E-state index contributed by atoms with van der Waals surface area (Å²) in [5.41, 5.74) is 0. The first-order valence-corrected chi connectivity index (χ1v) is 4.59. The van der Waals surface area contributed by atoms with E-state index in [4.69, 9.17) is 4.42 Å². The van der Waals surface area contributed by atoms with Gasteiger partial charge in [-0.3, -0.25) is 0 Å². The van der Waals surface area contributed by atoms with E-state index in [1.54, 1.807) is 0 Å². The van der Waals surface area contributed by atoms with Crippen molar-refractivity contribution in [1.82, 2.24) is 15.5 Å². The molecule has 1 fully saturated rings. The van der Waals surface area contributed by atoms with Crippen molar-refractivity contribution in [3.8, 4) is 0 Å². The highest BCUT2D eigenvalue weighted by atomic mass is 35.5. The summed E-state index contributed by atoms with van der Waals surface area (Å²) in [5.74, 6) is -0.0865. The number of hydrogen-bond donors (Lipinski definition) is 1. The molecule has 0 aromatic carbocycles. The lowest BCUT2D eigenvalue weighted by atomic mass is 9.98. The molecule has 2 rings (SSSR count). The predicted molar refractivity (Wildman–Crippen MR) is 51.3 cm³/mol. The molecular weight excluding hydrogens is 228 g/mol. The first kappa shape index (κ1) is 12.3. The van der Waals surface area contributed by atoms with Crippen molar-refractivity contribution in [1.29, 1.82) is 0 Å². The van der Waals surface area contributed by atoms with Crippen molar-refractivity contribution in [3.63, 3.8) is 0 Å². The van der Waals surface area contributed by atoms with Gasteiger partial charge in [0, 0.05) is 5.92 Å². The van der Waals surface area contributed by atoms with E-state index >= 15 is 0 Å². The van der Waals surface area contributed by atoms with Crippen molar-refractivity contribution in [2.75, 3.05) is 13.1 Å². The first-order chi connectivity index (χ1) is 6.77. The van der Waals surface area contributed by atoms with E-state index in [2.05, 4.69) is 15.5 Å². The van der Waals surface area contributed by atoms with Gasteiger partial charge >= 0.3 is 6.43 Å². The Morgan fingerprint density at radius 2 is 1.93 bits per heavy atom. The van der Waals surface area contributed by atoms with Crippen molar-refractivity contribution in [2.45, 2.75) is 25.2 Å². The SMILES string of the molecule is Cl.FC(F)c1nnc(C2CCNCC2)o1. The van der Waals surface area contributed by atoms with Crippen LogP contribution < -0.4 is 5.32 Å². The van der Waals surface area contributed by atoms with Gasteiger partial charge in [-0.25, -0.2) is 0 Å². The Bertz CT molecular complexity index is 302. The molecule has 7 heteroatoms. The number of hydrogen-bond acceptors (Lipinski definition) is 4. The van der Waals surface area contributed by atoms with E-state index in [1.807, 2.05) is 0 Å². The summed E-state index contributed by atoms with van der Waals surface area (Å²) >= 11 is 0. The van der Waals surface area contributed by atoms with Gasteiger partial charge in [-0.2, -0.15) is 8.78 Å². The summed E-state index contributed by atoms with van der Waals surface area (Å²) in [5, 5.41) is 10.1. The Labute approximate surface area is 91.9 Å². The Morgan fingerprint density at radius 3 is 2.47 bits per heavy atom. The monoisotopic (exact) mass is 239 g/mol. The number of nitrogens with one attached hydrogen (secondary N) is 1. The highest BCUT2D eigenvalue weighted by Crippen LogP contribution is 2.26. The molecule has 86 valence electrons. The van der Waals surface area contributed by atoms with Crippen LogP contribution in [0.1, 0.15) is 37.0 Å². The van der Waals surface area contributed by atoms with E-state index in [1.165, 1.54) is 0 Å². The summed E-state index contributed by atoms with van der Waals surface area (Å²) in [6.07, 6.45) is -0.937. The van der Waals surface area contributed by atoms with Gasteiger partial charge in [0.15, 0.2) is 0 Å². The van der Waals surface area contributed by atoms with Gasteiger partial charge < -0.3 is 9.73 Å². The van der Waals surface area contributed by atoms with E-state index < -0.39 is 12.3 Å². The average molecular weight is 240 g/mol. The highest BCUT2D eigenvalue weighted by molar-refractivity contribution is 5.85. The molecule has 0 unspecified atom stereocenters. The topological polar surface area (TPSA) is 51.0 Å². The Hall–Kier alpha value is -0.750. The van der Waals surface area contributed by atoms with Crippen LogP contribution in [0.5, 0.6) is 0 Å². The molecule has 1 aromatic rings. The molecule has 0 radical (unpaired) electrons. The molecule has 1 aliphatic heterocycles. The van der Waals surface area contributed by atoms with Gasteiger partial charge in [0.2, 0.25) is 5.89 Å². The third kappa shape index (κ3) is 2.85. The average Bonchev–Trinajstić information content (AvgIpc) is 2.68. The lowest BCUT2D eigenvalue weighted by Crippen LogP contribution is -2.26. The third-order valence-corrected chi connectivity index (χ3v) is 2.33. The molecule has 0 amide bonds. The minimum absolute atomic E-state index is 0. The maximum Gasteiger partial charge on any atom is 0.314 e. The molecule has 0 aliphatic carbocycles. The van der Waals surface area contributed by atoms with Gasteiger partial charge in [-0.05, 0) is 25.9 Å². The van der Waals surface area contributed by atoms with E-state index in [0.717, 1.165) is 25.9 Å². The predicted octanol–water partition coefficient (Wildman–Crippen LogP) is 1.90. The third-order valence-electron chi connectivity index (χ3n) is 2.33. The van der Waals surface area contributed by atoms with Crippen molar-refractivity contribution in [2.24, 2.45) is 0 Å². The second-order valence-corrected chi connectivity index (χ2v) is 3.30. The van der Waals surface area contributed by atoms with Crippen LogP contribution in [0.4, 0.5) is 8.78 Å². The molecule has 0 saturated carbocycles. The number of piperidine rings is 1. The molecule has 1 aromatic heterocycles. The van der Waals surface area contributed by atoms with Crippen LogP contribution in [0.3, 0.4) is 0 Å². The fourth-order valence-corrected chi connectivity index (χ4v) is 1.57. The summed E-state index contributed by atoms with van der Waals surface area (Å²) < 4.78 is 29.2. The van der Waals surface area contributed by atoms with Crippen LogP contribution in [0.2, 0.25) is 0 Å². The largest absolute Gasteiger partial charge is 0.419 e. The smallest absolute Gasteiger partial charge is 0.314 e. The van der Waals surface area contributed by atoms with Gasteiger partial charge in [-0.1, -0.05) is 0 Å². The van der Waals surface area contributed by atoms with E-state index in [0.29, 0.717) is 5.89 Å². The highest BCUT2D eigenvalue weighted by Gasteiger charge is 2.23.